The third-order valence-electron chi connectivity index (χ3n) is 2.52. The molecule has 1 aromatic heterocycles. The number of nitrogens with two attached hydrogens (primary N) is 1. The Hall–Kier alpha value is -0.450. The summed E-state index contributed by atoms with van der Waals surface area (Å²) in [6.07, 6.45) is 1.90. The molecule has 0 aromatic carbocycles. The minimum Gasteiger partial charge on any atom is -0.393 e. The first-order chi connectivity index (χ1) is 7.13. The normalized spacial score (nSPS) is 13.0. The summed E-state index contributed by atoms with van der Waals surface area (Å²) in [7, 11) is 2.13. The molecule has 0 fully saturated rings. The Morgan fingerprint density at radius 3 is 2.87 bits per heavy atom. The predicted molar refractivity (Wildman–Crippen MR) is 71.3 cm³/mol. The van der Waals surface area contributed by atoms with Crippen LogP contribution in [0.5, 0.6) is 0 Å². The smallest absolute Gasteiger partial charge is 0.0743 e. The van der Waals surface area contributed by atoms with Gasteiger partial charge in [-0.15, -0.1) is 11.3 Å². The Labute approximate surface area is 101 Å². The van der Waals surface area contributed by atoms with Crippen LogP contribution in [0.25, 0.3) is 0 Å². The molecular formula is C11H18N2S2. The van der Waals surface area contributed by atoms with E-state index in [9.17, 15) is 0 Å². The monoisotopic (exact) mass is 242 g/mol. The fourth-order valence-corrected chi connectivity index (χ4v) is 2.58. The van der Waals surface area contributed by atoms with Crippen LogP contribution < -0.4 is 5.73 Å². The van der Waals surface area contributed by atoms with Gasteiger partial charge in [0.05, 0.1) is 4.99 Å². The minimum absolute atomic E-state index is 0.463. The highest BCUT2D eigenvalue weighted by Crippen LogP contribution is 2.15. The van der Waals surface area contributed by atoms with Gasteiger partial charge in [-0.1, -0.05) is 25.2 Å². The number of thiocarbonyl (C=S) groups is 1. The van der Waals surface area contributed by atoms with Gasteiger partial charge in [-0.2, -0.15) is 0 Å². The molecule has 1 unspecified atom stereocenters. The summed E-state index contributed by atoms with van der Waals surface area (Å²) in [5.74, 6) is 0. The highest BCUT2D eigenvalue weighted by molar-refractivity contribution is 7.80. The molecule has 1 aromatic rings. The SMILES string of the molecule is CCC(CC(N)=S)N(C)Cc1cccs1. The highest BCUT2D eigenvalue weighted by atomic mass is 32.1. The van der Waals surface area contributed by atoms with E-state index in [1.54, 1.807) is 11.3 Å². The van der Waals surface area contributed by atoms with Gasteiger partial charge in [0.2, 0.25) is 0 Å². The second-order valence-corrected chi connectivity index (χ2v) is 5.28. The van der Waals surface area contributed by atoms with Crippen LogP contribution in [0, 0.1) is 0 Å². The van der Waals surface area contributed by atoms with Crippen molar-refractivity contribution in [3.8, 4) is 0 Å². The number of rotatable bonds is 6. The molecule has 0 aliphatic rings. The molecule has 0 aliphatic carbocycles. The van der Waals surface area contributed by atoms with E-state index >= 15 is 0 Å². The van der Waals surface area contributed by atoms with E-state index in [2.05, 4.69) is 36.4 Å². The molecule has 0 radical (unpaired) electrons. The maximum Gasteiger partial charge on any atom is 0.0743 e. The van der Waals surface area contributed by atoms with Crippen LogP contribution in [0.1, 0.15) is 24.6 Å². The van der Waals surface area contributed by atoms with Crippen molar-refractivity contribution in [3.63, 3.8) is 0 Å². The molecule has 1 atom stereocenters. The maximum absolute atomic E-state index is 5.59. The summed E-state index contributed by atoms with van der Waals surface area (Å²) in [5, 5.41) is 2.11. The molecular weight excluding hydrogens is 224 g/mol. The summed E-state index contributed by atoms with van der Waals surface area (Å²) in [5.41, 5.74) is 5.59. The molecule has 0 saturated heterocycles. The van der Waals surface area contributed by atoms with Crippen molar-refractivity contribution >= 4 is 28.5 Å². The molecule has 4 heteroatoms. The molecule has 0 bridgehead atoms. The average Bonchev–Trinajstić information content (AvgIpc) is 2.66. The summed E-state index contributed by atoms with van der Waals surface area (Å²) in [4.78, 5) is 4.32. The van der Waals surface area contributed by atoms with Gasteiger partial charge in [0, 0.05) is 23.9 Å². The van der Waals surface area contributed by atoms with E-state index in [-0.39, 0.29) is 0 Å². The molecule has 0 amide bonds. The Kier molecular flexibility index (Phi) is 5.22. The lowest BCUT2D eigenvalue weighted by molar-refractivity contribution is 0.235. The van der Waals surface area contributed by atoms with E-state index in [4.69, 9.17) is 18.0 Å². The van der Waals surface area contributed by atoms with Crippen molar-refractivity contribution in [2.45, 2.75) is 32.4 Å². The Morgan fingerprint density at radius 2 is 2.40 bits per heavy atom. The molecule has 1 heterocycles. The third kappa shape index (κ3) is 4.28. The average molecular weight is 242 g/mol. The van der Waals surface area contributed by atoms with Gasteiger partial charge in [-0.05, 0) is 24.9 Å². The lowest BCUT2D eigenvalue weighted by Crippen LogP contribution is -2.33. The van der Waals surface area contributed by atoms with E-state index < -0.39 is 0 Å². The Morgan fingerprint density at radius 1 is 1.67 bits per heavy atom. The second-order valence-electron chi connectivity index (χ2n) is 3.73. The first kappa shape index (κ1) is 12.6. The Bertz CT molecular complexity index is 296. The first-order valence-corrected chi connectivity index (χ1v) is 6.43. The quantitative estimate of drug-likeness (QED) is 0.778. The number of thiophene rings is 1. The van der Waals surface area contributed by atoms with Gasteiger partial charge in [0.25, 0.3) is 0 Å². The summed E-state index contributed by atoms with van der Waals surface area (Å²) in [6.45, 7) is 3.16. The summed E-state index contributed by atoms with van der Waals surface area (Å²) >= 11 is 6.75. The van der Waals surface area contributed by atoms with Crippen molar-refractivity contribution < 1.29 is 0 Å². The number of nitrogens with zero attached hydrogens (tertiary/aromatic N) is 1. The van der Waals surface area contributed by atoms with Gasteiger partial charge >= 0.3 is 0 Å². The molecule has 84 valence electrons. The van der Waals surface area contributed by atoms with Crippen LogP contribution in [0.2, 0.25) is 0 Å². The molecule has 2 nitrogen and oxygen atoms in total. The van der Waals surface area contributed by atoms with Crippen molar-refractivity contribution in [3.05, 3.63) is 22.4 Å². The van der Waals surface area contributed by atoms with Crippen LogP contribution in [0.15, 0.2) is 17.5 Å². The first-order valence-electron chi connectivity index (χ1n) is 5.14. The van der Waals surface area contributed by atoms with Crippen molar-refractivity contribution in [2.75, 3.05) is 7.05 Å². The van der Waals surface area contributed by atoms with Crippen LogP contribution >= 0.6 is 23.6 Å². The van der Waals surface area contributed by atoms with Gasteiger partial charge < -0.3 is 5.73 Å². The topological polar surface area (TPSA) is 29.3 Å². The predicted octanol–water partition coefficient (Wildman–Crippen LogP) is 2.63. The zero-order valence-corrected chi connectivity index (χ0v) is 10.9. The van der Waals surface area contributed by atoms with Crippen LogP contribution in [-0.2, 0) is 6.54 Å². The number of hydrogen-bond acceptors (Lipinski definition) is 3. The summed E-state index contributed by atoms with van der Waals surface area (Å²) < 4.78 is 0. The molecule has 15 heavy (non-hydrogen) atoms. The van der Waals surface area contributed by atoms with Gasteiger partial charge in [-0.25, -0.2) is 0 Å². The van der Waals surface area contributed by atoms with Crippen LogP contribution in [0.3, 0.4) is 0 Å². The summed E-state index contributed by atoms with van der Waals surface area (Å²) in [6, 6.07) is 4.71. The Balaban J connectivity index is 2.49. The van der Waals surface area contributed by atoms with Crippen molar-refractivity contribution in [2.24, 2.45) is 5.73 Å². The van der Waals surface area contributed by atoms with E-state index in [1.165, 1.54) is 4.88 Å². The molecule has 0 spiro atoms. The van der Waals surface area contributed by atoms with E-state index in [0.29, 0.717) is 11.0 Å². The van der Waals surface area contributed by atoms with E-state index in [0.717, 1.165) is 19.4 Å². The molecule has 0 aliphatic heterocycles. The van der Waals surface area contributed by atoms with Gasteiger partial charge in [-0.3, -0.25) is 4.90 Å². The lowest BCUT2D eigenvalue weighted by atomic mass is 10.1. The molecule has 2 N–H and O–H groups in total. The van der Waals surface area contributed by atoms with Crippen molar-refractivity contribution in [1.29, 1.82) is 0 Å². The van der Waals surface area contributed by atoms with Crippen LogP contribution in [0.4, 0.5) is 0 Å². The standard InChI is InChI=1S/C11H18N2S2/c1-3-9(7-11(12)14)13(2)8-10-5-4-6-15-10/h4-6,9H,3,7-8H2,1-2H3,(H2,12,14). The fourth-order valence-electron chi connectivity index (χ4n) is 1.62. The van der Waals surface area contributed by atoms with Crippen LogP contribution in [-0.4, -0.2) is 23.0 Å². The highest BCUT2D eigenvalue weighted by Gasteiger charge is 2.14. The largest absolute Gasteiger partial charge is 0.393 e. The second kappa shape index (κ2) is 6.20. The minimum atomic E-state index is 0.463. The van der Waals surface area contributed by atoms with E-state index in [1.807, 2.05) is 0 Å². The van der Waals surface area contributed by atoms with Gasteiger partial charge in [0.15, 0.2) is 0 Å². The van der Waals surface area contributed by atoms with Gasteiger partial charge in [0.1, 0.15) is 0 Å². The fraction of sp³-hybridized carbons (Fsp3) is 0.545. The molecule has 1 rings (SSSR count). The maximum atomic E-state index is 5.59. The number of hydrogen-bond donors (Lipinski definition) is 1. The molecule has 0 saturated carbocycles. The zero-order valence-electron chi connectivity index (χ0n) is 9.27. The third-order valence-corrected chi connectivity index (χ3v) is 3.54. The zero-order chi connectivity index (χ0) is 11.3. The lowest BCUT2D eigenvalue weighted by Gasteiger charge is -2.26. The van der Waals surface area contributed by atoms with Crippen molar-refractivity contribution in [1.82, 2.24) is 4.90 Å².